The van der Waals surface area contributed by atoms with Gasteiger partial charge in [-0.2, -0.15) is 0 Å². The number of alkyl halides is 3. The van der Waals surface area contributed by atoms with Gasteiger partial charge in [0.05, 0.1) is 11.0 Å². The Morgan fingerprint density at radius 1 is 1.31 bits per heavy atom. The Hall–Kier alpha value is -0.680. The van der Waals surface area contributed by atoms with Gasteiger partial charge in [0.2, 0.25) is 9.74 Å². The van der Waals surface area contributed by atoms with Crippen molar-refractivity contribution in [2.75, 3.05) is 5.32 Å². The summed E-state index contributed by atoms with van der Waals surface area (Å²) in [6.45, 7) is 0. The normalized spacial score (nSPS) is 14.0. The smallest absolute Gasteiger partial charge is 0.234 e. The van der Waals surface area contributed by atoms with Crippen LogP contribution in [0.5, 0.6) is 0 Å². The van der Waals surface area contributed by atoms with E-state index in [2.05, 4.69) is 15.3 Å². The van der Waals surface area contributed by atoms with Gasteiger partial charge in [0, 0.05) is 0 Å². The number of aromatic nitrogens is 2. The van der Waals surface area contributed by atoms with Gasteiger partial charge in [0.15, 0.2) is 6.23 Å². The molecule has 3 N–H and O–H groups in total. The summed E-state index contributed by atoms with van der Waals surface area (Å²) >= 11 is 16.5. The Labute approximate surface area is 107 Å². The monoisotopic (exact) mass is 279 g/mol. The number of aliphatic hydroxyl groups excluding tert-OH is 1. The van der Waals surface area contributed by atoms with E-state index in [1.54, 1.807) is 0 Å². The van der Waals surface area contributed by atoms with E-state index in [1.165, 1.54) is 0 Å². The van der Waals surface area contributed by atoms with Crippen molar-refractivity contribution in [2.45, 2.75) is 10.0 Å². The summed E-state index contributed by atoms with van der Waals surface area (Å²) in [5.74, 6) is 0.347. The third kappa shape index (κ3) is 2.52. The van der Waals surface area contributed by atoms with Crippen molar-refractivity contribution in [1.82, 2.24) is 9.97 Å². The van der Waals surface area contributed by atoms with Gasteiger partial charge in [-0.1, -0.05) is 46.9 Å². The van der Waals surface area contributed by atoms with Gasteiger partial charge in [0.1, 0.15) is 0 Å². The molecule has 2 rings (SSSR count). The van der Waals surface area contributed by atoms with E-state index >= 15 is 0 Å². The lowest BCUT2D eigenvalue weighted by atomic mass is 10.3. The molecule has 4 nitrogen and oxygen atoms in total. The maximum atomic E-state index is 9.50. The van der Waals surface area contributed by atoms with Crippen molar-refractivity contribution < 1.29 is 5.11 Å². The molecule has 0 spiro atoms. The molecule has 0 saturated carbocycles. The molecule has 2 aromatic rings. The van der Waals surface area contributed by atoms with E-state index in [4.69, 9.17) is 34.8 Å². The fourth-order valence-electron chi connectivity index (χ4n) is 1.23. The second kappa shape index (κ2) is 4.30. The fraction of sp³-hybridized carbons (Fsp3) is 0.222. The number of nitrogens with one attached hydrogen (secondary N) is 2. The highest BCUT2D eigenvalue weighted by Gasteiger charge is 2.31. The van der Waals surface area contributed by atoms with Gasteiger partial charge in [-0.25, -0.2) is 4.98 Å². The summed E-state index contributed by atoms with van der Waals surface area (Å²) in [5.41, 5.74) is 1.60. The molecule has 1 heterocycles. The van der Waals surface area contributed by atoms with Crippen LogP contribution in [0.15, 0.2) is 24.3 Å². The average molecular weight is 281 g/mol. The molecular formula is C9H8Cl3N3O. The molecule has 0 radical (unpaired) electrons. The van der Waals surface area contributed by atoms with Crippen LogP contribution < -0.4 is 5.32 Å². The van der Waals surface area contributed by atoms with Crippen molar-refractivity contribution >= 4 is 51.8 Å². The van der Waals surface area contributed by atoms with E-state index in [0.717, 1.165) is 11.0 Å². The zero-order chi connectivity index (χ0) is 11.8. The van der Waals surface area contributed by atoms with Gasteiger partial charge in [-0.05, 0) is 12.1 Å². The standard InChI is InChI=1S/C9H8Cl3N3O/c10-9(11,12)7(16)15-8-13-5-3-1-2-4-6(5)14-8/h1-4,7,16H,(H2,13,14,15). The number of imidazole rings is 1. The molecule has 1 atom stereocenters. The minimum absolute atomic E-state index is 0.347. The molecule has 1 unspecified atom stereocenters. The zero-order valence-corrected chi connectivity index (χ0v) is 10.2. The molecule has 0 aliphatic heterocycles. The molecule has 0 amide bonds. The van der Waals surface area contributed by atoms with Crippen molar-refractivity contribution in [3.63, 3.8) is 0 Å². The second-order valence-electron chi connectivity index (χ2n) is 3.19. The van der Waals surface area contributed by atoms with Crippen LogP contribution >= 0.6 is 34.8 Å². The molecule has 0 fully saturated rings. The molecule has 86 valence electrons. The van der Waals surface area contributed by atoms with Gasteiger partial charge >= 0.3 is 0 Å². The summed E-state index contributed by atoms with van der Waals surface area (Å²) in [4.78, 5) is 7.10. The topological polar surface area (TPSA) is 60.9 Å². The van der Waals surface area contributed by atoms with Crippen LogP contribution in [0.3, 0.4) is 0 Å². The van der Waals surface area contributed by atoms with Crippen LogP contribution in [0.1, 0.15) is 0 Å². The number of aromatic amines is 1. The summed E-state index contributed by atoms with van der Waals surface area (Å²) in [5, 5.41) is 12.1. The summed E-state index contributed by atoms with van der Waals surface area (Å²) in [6, 6.07) is 7.42. The molecule has 1 aromatic carbocycles. The number of nitrogens with zero attached hydrogens (tertiary/aromatic N) is 1. The SMILES string of the molecule is OC(Nc1nc2ccccc2[nH]1)C(Cl)(Cl)Cl. The molecular weight excluding hydrogens is 272 g/mol. The number of anilines is 1. The molecule has 7 heteroatoms. The Balaban J connectivity index is 2.22. The minimum atomic E-state index is -1.81. The van der Waals surface area contributed by atoms with Crippen molar-refractivity contribution in [1.29, 1.82) is 0 Å². The number of rotatable bonds is 2. The third-order valence-electron chi connectivity index (χ3n) is 1.97. The van der Waals surface area contributed by atoms with E-state index in [9.17, 15) is 5.11 Å². The van der Waals surface area contributed by atoms with Crippen LogP contribution in [0, 0.1) is 0 Å². The first-order valence-electron chi connectivity index (χ1n) is 4.43. The quantitative estimate of drug-likeness (QED) is 0.585. The molecule has 0 bridgehead atoms. The van der Waals surface area contributed by atoms with Crippen molar-refractivity contribution in [3.8, 4) is 0 Å². The van der Waals surface area contributed by atoms with E-state index < -0.39 is 10.0 Å². The lowest BCUT2D eigenvalue weighted by molar-refractivity contribution is 0.207. The van der Waals surface area contributed by atoms with Crippen LogP contribution in [0.4, 0.5) is 5.95 Å². The predicted molar refractivity (Wildman–Crippen MR) is 66.0 cm³/mol. The Morgan fingerprint density at radius 2 is 2.00 bits per heavy atom. The number of hydrogen-bond donors (Lipinski definition) is 3. The van der Waals surface area contributed by atoms with Gasteiger partial charge in [0.25, 0.3) is 0 Å². The van der Waals surface area contributed by atoms with E-state index in [-0.39, 0.29) is 0 Å². The number of aliphatic hydroxyl groups is 1. The average Bonchev–Trinajstić information content (AvgIpc) is 2.58. The maximum absolute atomic E-state index is 9.50. The summed E-state index contributed by atoms with van der Waals surface area (Å²) in [7, 11) is 0. The first-order valence-corrected chi connectivity index (χ1v) is 5.56. The third-order valence-corrected chi connectivity index (χ3v) is 2.59. The molecule has 0 aliphatic carbocycles. The summed E-state index contributed by atoms with van der Waals surface area (Å²) in [6.07, 6.45) is -1.34. The number of halogens is 3. The zero-order valence-electron chi connectivity index (χ0n) is 7.92. The number of benzene rings is 1. The number of H-pyrrole nitrogens is 1. The van der Waals surface area contributed by atoms with Crippen molar-refractivity contribution in [2.24, 2.45) is 0 Å². The molecule has 1 aromatic heterocycles. The Bertz CT molecular complexity index is 461. The van der Waals surface area contributed by atoms with Crippen molar-refractivity contribution in [3.05, 3.63) is 24.3 Å². The fourth-order valence-corrected chi connectivity index (χ4v) is 1.40. The highest BCUT2D eigenvalue weighted by Crippen LogP contribution is 2.30. The highest BCUT2D eigenvalue weighted by molar-refractivity contribution is 6.68. The van der Waals surface area contributed by atoms with Gasteiger partial charge in [-0.15, -0.1) is 0 Å². The predicted octanol–water partition coefficient (Wildman–Crippen LogP) is 2.66. The lowest BCUT2D eigenvalue weighted by Crippen LogP contribution is -2.33. The number of para-hydroxylation sites is 2. The van der Waals surface area contributed by atoms with E-state index in [1.807, 2.05) is 24.3 Å². The van der Waals surface area contributed by atoms with Crippen LogP contribution in [0.2, 0.25) is 0 Å². The van der Waals surface area contributed by atoms with Crippen LogP contribution in [-0.2, 0) is 0 Å². The largest absolute Gasteiger partial charge is 0.369 e. The highest BCUT2D eigenvalue weighted by atomic mass is 35.6. The van der Waals surface area contributed by atoms with Gasteiger partial charge in [-0.3, -0.25) is 0 Å². The first kappa shape index (κ1) is 11.8. The van der Waals surface area contributed by atoms with Crippen LogP contribution in [0.25, 0.3) is 11.0 Å². The Morgan fingerprint density at radius 3 is 2.62 bits per heavy atom. The number of hydrogen-bond acceptors (Lipinski definition) is 3. The lowest BCUT2D eigenvalue weighted by Gasteiger charge is -2.19. The van der Waals surface area contributed by atoms with E-state index in [0.29, 0.717) is 5.95 Å². The number of fused-ring (bicyclic) bond motifs is 1. The molecule has 0 aliphatic rings. The second-order valence-corrected chi connectivity index (χ2v) is 5.56. The van der Waals surface area contributed by atoms with Crippen LogP contribution in [-0.4, -0.2) is 25.1 Å². The summed E-state index contributed by atoms with van der Waals surface area (Å²) < 4.78 is -1.81. The Kier molecular flexibility index (Phi) is 3.17. The van der Waals surface area contributed by atoms with Gasteiger partial charge < -0.3 is 15.4 Å². The molecule has 0 saturated heterocycles. The minimum Gasteiger partial charge on any atom is -0.369 e. The maximum Gasteiger partial charge on any atom is 0.234 e. The first-order chi connectivity index (χ1) is 7.47. The molecule has 16 heavy (non-hydrogen) atoms.